The minimum absolute atomic E-state index is 0.0679. The molecule has 14 heavy (non-hydrogen) atoms. The molecule has 0 N–H and O–H groups in total. The molecule has 0 fully saturated rings. The van der Waals surface area contributed by atoms with Crippen molar-refractivity contribution >= 4 is 17.4 Å². The molecular formula is C12H13ClO. The Morgan fingerprint density at radius 1 is 1.43 bits per heavy atom. The van der Waals surface area contributed by atoms with Crippen LogP contribution >= 0.6 is 11.6 Å². The lowest BCUT2D eigenvalue weighted by atomic mass is 9.72. The number of allylic oxidation sites excluding steroid dienone is 6. The highest BCUT2D eigenvalue weighted by Gasteiger charge is 2.30. The largest absolute Gasteiger partial charge is 0.290 e. The van der Waals surface area contributed by atoms with E-state index in [1.807, 2.05) is 12.2 Å². The first-order valence-corrected chi connectivity index (χ1v) is 5.27. The molecule has 2 rings (SSSR count). The molecular weight excluding hydrogens is 196 g/mol. The summed E-state index contributed by atoms with van der Waals surface area (Å²) >= 11 is 6.08. The van der Waals surface area contributed by atoms with Gasteiger partial charge in [0.1, 0.15) is 0 Å². The van der Waals surface area contributed by atoms with Crippen LogP contribution in [0.3, 0.4) is 0 Å². The molecule has 1 spiro atoms. The Hall–Kier alpha value is -0.820. The van der Waals surface area contributed by atoms with E-state index in [1.165, 1.54) is 0 Å². The van der Waals surface area contributed by atoms with E-state index in [1.54, 1.807) is 12.2 Å². The van der Waals surface area contributed by atoms with Crippen molar-refractivity contribution in [1.29, 1.82) is 0 Å². The predicted molar refractivity (Wildman–Crippen MR) is 58.1 cm³/mol. The quantitative estimate of drug-likeness (QED) is 0.598. The molecule has 0 saturated carbocycles. The van der Waals surface area contributed by atoms with Gasteiger partial charge in [0.2, 0.25) is 0 Å². The van der Waals surface area contributed by atoms with E-state index in [2.05, 4.69) is 13.0 Å². The van der Waals surface area contributed by atoms with Gasteiger partial charge in [-0.1, -0.05) is 36.8 Å². The molecule has 0 amide bonds. The number of hydrogen-bond acceptors (Lipinski definition) is 1. The number of rotatable bonds is 0. The summed E-state index contributed by atoms with van der Waals surface area (Å²) in [5.74, 6) is 0.647. The zero-order chi connectivity index (χ0) is 10.2. The summed E-state index contributed by atoms with van der Waals surface area (Å²) in [6, 6.07) is 0. The molecule has 0 aromatic rings. The van der Waals surface area contributed by atoms with Gasteiger partial charge in [0, 0.05) is 10.4 Å². The third-order valence-electron chi connectivity index (χ3n) is 2.79. The van der Waals surface area contributed by atoms with Gasteiger partial charge in [0.25, 0.3) is 0 Å². The molecule has 0 aromatic heterocycles. The minimum atomic E-state index is -0.0946. The van der Waals surface area contributed by atoms with Gasteiger partial charge in [-0.15, -0.1) is 0 Å². The van der Waals surface area contributed by atoms with Crippen LogP contribution in [-0.2, 0) is 4.79 Å². The van der Waals surface area contributed by atoms with Crippen molar-refractivity contribution in [3.8, 4) is 0 Å². The zero-order valence-corrected chi connectivity index (χ0v) is 8.92. The Bertz CT molecular complexity index is 333. The van der Waals surface area contributed by atoms with Crippen molar-refractivity contribution < 1.29 is 4.79 Å². The van der Waals surface area contributed by atoms with Crippen LogP contribution in [0.5, 0.6) is 0 Å². The smallest absolute Gasteiger partial charge is 0.178 e. The zero-order valence-electron chi connectivity index (χ0n) is 8.16. The first-order valence-electron chi connectivity index (χ1n) is 4.89. The van der Waals surface area contributed by atoms with E-state index in [9.17, 15) is 4.79 Å². The second-order valence-electron chi connectivity index (χ2n) is 4.29. The van der Waals surface area contributed by atoms with Crippen LogP contribution in [0.25, 0.3) is 0 Å². The summed E-state index contributed by atoms with van der Waals surface area (Å²) in [4.78, 5) is 11.0. The maximum atomic E-state index is 11.0. The number of carbonyl (C=O) groups is 1. The van der Waals surface area contributed by atoms with Gasteiger partial charge in [0.05, 0.1) is 0 Å². The fourth-order valence-electron chi connectivity index (χ4n) is 2.24. The van der Waals surface area contributed by atoms with Gasteiger partial charge >= 0.3 is 0 Å². The molecule has 2 aliphatic carbocycles. The van der Waals surface area contributed by atoms with E-state index >= 15 is 0 Å². The van der Waals surface area contributed by atoms with Gasteiger partial charge in [-0.2, -0.15) is 0 Å². The van der Waals surface area contributed by atoms with Gasteiger partial charge in [0.15, 0.2) is 5.78 Å². The van der Waals surface area contributed by atoms with E-state index in [0.717, 1.165) is 17.9 Å². The normalized spacial score (nSPS) is 29.4. The molecule has 1 atom stereocenters. The first-order chi connectivity index (χ1) is 6.60. The van der Waals surface area contributed by atoms with Crippen LogP contribution in [0, 0.1) is 11.3 Å². The van der Waals surface area contributed by atoms with E-state index in [-0.39, 0.29) is 11.2 Å². The summed E-state index contributed by atoms with van der Waals surface area (Å²) in [5, 5.41) is 0.910. The SMILES string of the molecule is CC1CC(Cl)=CC2(C=CC(=O)C=C2)C1. The average Bonchev–Trinajstić information content (AvgIpc) is 2.09. The molecule has 0 bridgehead atoms. The number of ketones is 1. The summed E-state index contributed by atoms with van der Waals surface area (Å²) in [5.41, 5.74) is -0.0946. The van der Waals surface area contributed by atoms with Gasteiger partial charge in [-0.25, -0.2) is 0 Å². The van der Waals surface area contributed by atoms with Crippen LogP contribution in [0.2, 0.25) is 0 Å². The molecule has 2 aliphatic rings. The molecule has 0 radical (unpaired) electrons. The molecule has 74 valence electrons. The Labute approximate surface area is 89.1 Å². The maximum absolute atomic E-state index is 11.0. The third-order valence-corrected chi connectivity index (χ3v) is 3.05. The molecule has 0 saturated heterocycles. The van der Waals surface area contributed by atoms with Crippen LogP contribution in [0.15, 0.2) is 35.4 Å². The predicted octanol–water partition coefficient (Wildman–Crippen LogP) is 3.22. The van der Waals surface area contributed by atoms with Crippen LogP contribution in [0.1, 0.15) is 19.8 Å². The summed E-state index contributed by atoms with van der Waals surface area (Å²) in [6.07, 6.45) is 11.3. The Kier molecular flexibility index (Phi) is 2.36. The van der Waals surface area contributed by atoms with Crippen molar-refractivity contribution in [2.24, 2.45) is 11.3 Å². The van der Waals surface area contributed by atoms with Crippen LogP contribution < -0.4 is 0 Å². The molecule has 2 heteroatoms. The number of hydrogen-bond donors (Lipinski definition) is 0. The monoisotopic (exact) mass is 208 g/mol. The van der Waals surface area contributed by atoms with E-state index < -0.39 is 0 Å². The minimum Gasteiger partial charge on any atom is -0.290 e. The summed E-state index contributed by atoms with van der Waals surface area (Å²) in [7, 11) is 0. The molecule has 0 aliphatic heterocycles. The molecule has 0 heterocycles. The highest BCUT2D eigenvalue weighted by molar-refractivity contribution is 6.29. The van der Waals surface area contributed by atoms with Gasteiger partial charge < -0.3 is 0 Å². The van der Waals surface area contributed by atoms with Crippen molar-refractivity contribution in [1.82, 2.24) is 0 Å². The van der Waals surface area contributed by atoms with Crippen molar-refractivity contribution in [3.05, 3.63) is 35.4 Å². The van der Waals surface area contributed by atoms with Crippen molar-refractivity contribution in [3.63, 3.8) is 0 Å². The van der Waals surface area contributed by atoms with E-state index in [4.69, 9.17) is 11.6 Å². The Morgan fingerprint density at radius 2 is 2.07 bits per heavy atom. The molecule has 1 unspecified atom stereocenters. The standard InChI is InChI=1S/C12H13ClO/c1-9-6-10(13)8-12(7-9)4-2-11(14)3-5-12/h2-5,8-9H,6-7H2,1H3. The second-order valence-corrected chi connectivity index (χ2v) is 4.77. The average molecular weight is 209 g/mol. The Morgan fingerprint density at radius 3 is 2.64 bits per heavy atom. The summed E-state index contributed by atoms with van der Waals surface area (Å²) < 4.78 is 0. The highest BCUT2D eigenvalue weighted by Crippen LogP contribution is 2.42. The topological polar surface area (TPSA) is 17.1 Å². The van der Waals surface area contributed by atoms with Gasteiger partial charge in [-0.05, 0) is 30.9 Å². The maximum Gasteiger partial charge on any atom is 0.178 e. The number of halogens is 1. The first kappa shape index (κ1) is 9.72. The second kappa shape index (κ2) is 3.39. The van der Waals surface area contributed by atoms with E-state index in [0.29, 0.717) is 5.92 Å². The lowest BCUT2D eigenvalue weighted by molar-refractivity contribution is -0.110. The Balaban J connectivity index is 2.33. The van der Waals surface area contributed by atoms with Gasteiger partial charge in [-0.3, -0.25) is 4.79 Å². The third kappa shape index (κ3) is 1.83. The van der Waals surface area contributed by atoms with Crippen molar-refractivity contribution in [2.75, 3.05) is 0 Å². The molecule has 0 aromatic carbocycles. The molecule has 1 nitrogen and oxygen atoms in total. The lowest BCUT2D eigenvalue weighted by Gasteiger charge is -2.33. The lowest BCUT2D eigenvalue weighted by Crippen LogP contribution is -2.23. The number of carbonyl (C=O) groups excluding carboxylic acids is 1. The highest BCUT2D eigenvalue weighted by atomic mass is 35.5. The summed E-state index contributed by atoms with van der Waals surface area (Å²) in [6.45, 7) is 2.19. The van der Waals surface area contributed by atoms with Crippen molar-refractivity contribution in [2.45, 2.75) is 19.8 Å². The van der Waals surface area contributed by atoms with Crippen LogP contribution in [-0.4, -0.2) is 5.78 Å². The fraction of sp³-hybridized carbons (Fsp3) is 0.417. The van der Waals surface area contributed by atoms with Crippen LogP contribution in [0.4, 0.5) is 0 Å². The fourth-order valence-corrected chi connectivity index (χ4v) is 2.70.